The van der Waals surface area contributed by atoms with Gasteiger partial charge in [0.1, 0.15) is 28.9 Å². The van der Waals surface area contributed by atoms with Gasteiger partial charge < -0.3 is 19.3 Å². The Balaban J connectivity index is 1.20. The Morgan fingerprint density at radius 3 is 2.69 bits per heavy atom. The van der Waals surface area contributed by atoms with Crippen molar-refractivity contribution in [3.05, 3.63) is 65.1 Å². The number of hydrogen-bond donors (Lipinski definition) is 1. The summed E-state index contributed by atoms with van der Waals surface area (Å²) in [6, 6.07) is 7.33. The van der Waals surface area contributed by atoms with Crippen LogP contribution in [0.4, 0.5) is 14.6 Å². The molecular weight excluding hydrogens is 468 g/mol. The first-order valence-corrected chi connectivity index (χ1v) is 12.4. The van der Waals surface area contributed by atoms with Crippen LogP contribution in [0.15, 0.2) is 41.1 Å². The number of rotatable bonds is 7. The van der Waals surface area contributed by atoms with Crippen molar-refractivity contribution < 1.29 is 27.9 Å². The minimum atomic E-state index is -0.989. The Hall–Kier alpha value is -3.33. The third-order valence-corrected chi connectivity index (χ3v) is 7.77. The van der Waals surface area contributed by atoms with Gasteiger partial charge in [0.25, 0.3) is 0 Å². The lowest BCUT2D eigenvalue weighted by molar-refractivity contribution is 0.0134. The second-order valence-electron chi connectivity index (χ2n) is 10.2. The Morgan fingerprint density at radius 1 is 1.19 bits per heavy atom. The highest BCUT2D eigenvalue weighted by atomic mass is 19.1. The van der Waals surface area contributed by atoms with E-state index in [-0.39, 0.29) is 41.8 Å². The third-order valence-electron chi connectivity index (χ3n) is 7.77. The molecule has 3 unspecified atom stereocenters. The molecule has 4 atom stereocenters. The van der Waals surface area contributed by atoms with Crippen molar-refractivity contribution in [1.29, 1.82) is 0 Å². The van der Waals surface area contributed by atoms with E-state index in [0.717, 1.165) is 55.3 Å². The Kier molecular flexibility index (Phi) is 5.75. The number of nitrogens with zero attached hydrogens (tertiary/aromatic N) is 3. The van der Waals surface area contributed by atoms with Gasteiger partial charge in [-0.25, -0.2) is 18.6 Å². The zero-order valence-corrected chi connectivity index (χ0v) is 19.9. The molecule has 2 aliphatic heterocycles. The molecule has 1 aliphatic carbocycles. The van der Waals surface area contributed by atoms with Crippen LogP contribution in [-0.4, -0.2) is 39.4 Å². The Bertz CT molecular complexity index is 1290. The van der Waals surface area contributed by atoms with Gasteiger partial charge in [-0.3, -0.25) is 0 Å². The predicted octanol–water partition coefficient (Wildman–Crippen LogP) is 5.55. The molecule has 3 fully saturated rings. The van der Waals surface area contributed by atoms with Crippen molar-refractivity contribution in [3.63, 3.8) is 0 Å². The summed E-state index contributed by atoms with van der Waals surface area (Å²) in [5, 5.41) is 13.3. The van der Waals surface area contributed by atoms with Gasteiger partial charge in [-0.15, -0.1) is 0 Å². The number of fused-ring (bicyclic) bond motifs is 2. The summed E-state index contributed by atoms with van der Waals surface area (Å²) >= 11 is 0. The fraction of sp³-hybridized carbons (Fsp3) is 0.444. The number of benzene rings is 1. The number of ether oxygens (including phenoxy) is 1. The van der Waals surface area contributed by atoms with Crippen LogP contribution in [0.2, 0.25) is 0 Å². The number of aromatic nitrogens is 2. The van der Waals surface area contributed by atoms with Gasteiger partial charge in [0, 0.05) is 41.4 Å². The van der Waals surface area contributed by atoms with E-state index in [9.17, 15) is 18.7 Å². The molecule has 4 heterocycles. The molecule has 0 spiro atoms. The molecule has 0 radical (unpaired) electrons. The fourth-order valence-electron chi connectivity index (χ4n) is 5.85. The monoisotopic (exact) mass is 495 g/mol. The molecule has 188 valence electrons. The molecule has 0 amide bonds. The summed E-state index contributed by atoms with van der Waals surface area (Å²) in [6.45, 7) is 2.48. The van der Waals surface area contributed by atoms with Gasteiger partial charge in [-0.2, -0.15) is 0 Å². The van der Waals surface area contributed by atoms with Crippen LogP contribution >= 0.6 is 0 Å². The van der Waals surface area contributed by atoms with E-state index in [0.29, 0.717) is 11.6 Å². The van der Waals surface area contributed by atoms with Crippen LogP contribution in [0, 0.1) is 17.6 Å². The molecule has 3 aromatic rings. The highest BCUT2D eigenvalue weighted by molar-refractivity contribution is 5.87. The zero-order chi connectivity index (χ0) is 25.0. The number of carboxylic acids is 1. The topological polar surface area (TPSA) is 88.7 Å². The second-order valence-corrected chi connectivity index (χ2v) is 10.2. The van der Waals surface area contributed by atoms with Crippen molar-refractivity contribution in [1.82, 2.24) is 10.1 Å². The molecule has 2 saturated heterocycles. The molecule has 1 saturated carbocycles. The minimum absolute atomic E-state index is 0.00682. The number of hydrogen-bond acceptors (Lipinski definition) is 6. The lowest BCUT2D eigenvalue weighted by atomic mass is 9.96. The number of piperidine rings is 1. The van der Waals surface area contributed by atoms with Gasteiger partial charge in [0.05, 0.1) is 18.3 Å². The van der Waals surface area contributed by atoms with Crippen LogP contribution < -0.4 is 4.90 Å². The van der Waals surface area contributed by atoms with Crippen molar-refractivity contribution in [2.45, 2.75) is 69.7 Å². The molecule has 7 nitrogen and oxygen atoms in total. The minimum Gasteiger partial charge on any atom is -0.478 e. The number of pyridine rings is 1. The number of anilines is 1. The molecular formula is C27H27F2N3O4. The van der Waals surface area contributed by atoms with Crippen LogP contribution in [-0.2, 0) is 11.3 Å². The lowest BCUT2D eigenvalue weighted by Gasteiger charge is -2.40. The molecule has 1 aromatic carbocycles. The average Bonchev–Trinajstić information content (AvgIpc) is 3.58. The summed E-state index contributed by atoms with van der Waals surface area (Å²) in [4.78, 5) is 17.9. The molecule has 9 heteroatoms. The first kappa shape index (κ1) is 23.1. The van der Waals surface area contributed by atoms with Crippen molar-refractivity contribution >= 4 is 11.8 Å². The predicted molar refractivity (Wildman–Crippen MR) is 127 cm³/mol. The summed E-state index contributed by atoms with van der Waals surface area (Å²) in [5.41, 5.74) is 1.51. The highest BCUT2D eigenvalue weighted by Crippen LogP contribution is 2.46. The van der Waals surface area contributed by atoms with Crippen LogP contribution in [0.25, 0.3) is 11.3 Å². The number of carbonyl (C=O) groups is 1. The first-order valence-electron chi connectivity index (χ1n) is 12.4. The molecule has 2 aromatic heterocycles. The van der Waals surface area contributed by atoms with Crippen molar-refractivity contribution in [2.24, 2.45) is 5.92 Å². The second kappa shape index (κ2) is 8.96. The van der Waals surface area contributed by atoms with Gasteiger partial charge in [-0.1, -0.05) is 12.1 Å². The first-order chi connectivity index (χ1) is 17.4. The maximum absolute atomic E-state index is 14.6. The molecule has 2 bridgehead atoms. The van der Waals surface area contributed by atoms with E-state index in [2.05, 4.69) is 22.0 Å². The standard InChI is InChI=1S/C27H27F2N3O4/c1-14-8-18-10-19(11-23(14)32(18)24-7-4-16(12-30-24)27(33)34)35-13-21-25(31-36-26(21)15-2-3-15)20-6-5-17(28)9-22(20)29/h4-7,9,12,14-15,18-19,23H,2-3,8,10-11,13H2,1H3,(H,33,34)/t14-,18?,19?,23?/m1/s1. The fourth-order valence-corrected chi connectivity index (χ4v) is 5.85. The van der Waals surface area contributed by atoms with Crippen LogP contribution in [0.5, 0.6) is 0 Å². The normalized spacial score (nSPS) is 25.4. The van der Waals surface area contributed by atoms with Crippen molar-refractivity contribution in [2.75, 3.05) is 4.90 Å². The smallest absolute Gasteiger partial charge is 0.337 e. The van der Waals surface area contributed by atoms with Gasteiger partial charge in [0.15, 0.2) is 0 Å². The van der Waals surface area contributed by atoms with Crippen LogP contribution in [0.3, 0.4) is 0 Å². The largest absolute Gasteiger partial charge is 0.478 e. The summed E-state index contributed by atoms with van der Waals surface area (Å²) in [5.74, 6) is -0.0435. The highest BCUT2D eigenvalue weighted by Gasteiger charge is 2.46. The summed E-state index contributed by atoms with van der Waals surface area (Å²) < 4.78 is 40.1. The lowest BCUT2D eigenvalue weighted by Crippen LogP contribution is -2.47. The maximum atomic E-state index is 14.6. The van der Waals surface area contributed by atoms with E-state index >= 15 is 0 Å². The summed E-state index contributed by atoms with van der Waals surface area (Å²) in [6.07, 6.45) is 6.05. The molecule has 3 aliphatic rings. The van der Waals surface area contributed by atoms with Gasteiger partial charge in [-0.05, 0) is 62.3 Å². The van der Waals surface area contributed by atoms with Crippen molar-refractivity contribution in [3.8, 4) is 11.3 Å². The Morgan fingerprint density at radius 2 is 2.03 bits per heavy atom. The molecule has 6 rings (SSSR count). The Labute approximate surface area is 207 Å². The van der Waals surface area contributed by atoms with E-state index in [1.54, 1.807) is 12.1 Å². The maximum Gasteiger partial charge on any atom is 0.337 e. The quantitative estimate of drug-likeness (QED) is 0.460. The number of aromatic carboxylic acids is 1. The van der Waals surface area contributed by atoms with Gasteiger partial charge >= 0.3 is 5.97 Å². The van der Waals surface area contributed by atoms with E-state index in [4.69, 9.17) is 9.26 Å². The van der Waals surface area contributed by atoms with Crippen LogP contribution in [0.1, 0.15) is 66.6 Å². The van der Waals surface area contributed by atoms with E-state index < -0.39 is 17.6 Å². The molecule has 36 heavy (non-hydrogen) atoms. The van der Waals surface area contributed by atoms with Gasteiger partial charge in [0.2, 0.25) is 0 Å². The average molecular weight is 496 g/mol. The number of halogens is 2. The molecule has 1 N–H and O–H groups in total. The summed E-state index contributed by atoms with van der Waals surface area (Å²) in [7, 11) is 0. The zero-order valence-electron chi connectivity index (χ0n) is 19.9. The third kappa shape index (κ3) is 4.15. The SMILES string of the molecule is C[C@@H]1CC2CC(OCc3c(-c4ccc(F)cc4F)noc3C3CC3)CC1N2c1ccc(C(=O)O)cn1. The number of carboxylic acid groups (broad SMARTS) is 1. The van der Waals surface area contributed by atoms with E-state index in [1.165, 1.54) is 18.3 Å². The van der Waals surface area contributed by atoms with E-state index in [1.807, 2.05) is 0 Å².